The van der Waals surface area contributed by atoms with Gasteiger partial charge in [-0.3, -0.25) is 4.79 Å². The maximum absolute atomic E-state index is 12.9. The molecule has 0 radical (unpaired) electrons. The number of rotatable bonds is 6. The molecule has 0 spiro atoms. The second-order valence-corrected chi connectivity index (χ2v) is 9.84. The number of pyridine rings is 1. The number of aliphatic carboxylic acids is 1. The van der Waals surface area contributed by atoms with Gasteiger partial charge in [0.15, 0.2) is 0 Å². The van der Waals surface area contributed by atoms with Crippen molar-refractivity contribution in [2.24, 2.45) is 0 Å². The Morgan fingerprint density at radius 3 is 2.97 bits per heavy atom. The Bertz CT molecular complexity index is 1050. The molecule has 2 aliphatic rings. The van der Waals surface area contributed by atoms with Gasteiger partial charge in [-0.05, 0) is 66.8 Å². The van der Waals surface area contributed by atoms with Crippen molar-refractivity contribution in [1.29, 1.82) is 0 Å². The van der Waals surface area contributed by atoms with Crippen LogP contribution in [0.25, 0.3) is 0 Å². The number of carbonyl (C=O) groups excluding carboxylic acids is 1. The fraction of sp³-hybridized carbons (Fsp3) is 0.458. The molecule has 7 nitrogen and oxygen atoms in total. The highest BCUT2D eigenvalue weighted by atomic mass is 79.9. The molecule has 9 heteroatoms. The molecule has 3 heterocycles. The van der Waals surface area contributed by atoms with Crippen LogP contribution in [0.4, 0.5) is 10.6 Å². The molecular weight excluding hydrogens is 483 g/mol. The zero-order valence-corrected chi connectivity index (χ0v) is 20.6. The summed E-state index contributed by atoms with van der Waals surface area (Å²) < 4.78 is 0.977. The highest BCUT2D eigenvalue weighted by Gasteiger charge is 2.27. The van der Waals surface area contributed by atoms with Crippen molar-refractivity contribution in [2.75, 3.05) is 25.0 Å². The summed E-state index contributed by atoms with van der Waals surface area (Å²) in [6.45, 7) is 2.56. The summed E-state index contributed by atoms with van der Waals surface area (Å²) in [5, 5.41) is 15.8. The SMILES string of the molecule is Bc1cc2c(cc1Br)CN(C(=O)NCCCc1ccc3c(n1)NCCC3)CCC2CC(=O)O. The molecule has 0 aliphatic carbocycles. The molecule has 4 rings (SSSR count). The predicted octanol–water partition coefficient (Wildman–Crippen LogP) is 2.57. The summed E-state index contributed by atoms with van der Waals surface area (Å²) in [5.41, 5.74) is 5.45. The number of amides is 2. The second-order valence-electron chi connectivity index (χ2n) is 8.98. The van der Waals surface area contributed by atoms with Gasteiger partial charge in [-0.25, -0.2) is 9.78 Å². The van der Waals surface area contributed by atoms with Crippen molar-refractivity contribution in [3.05, 3.63) is 51.1 Å². The molecule has 3 N–H and O–H groups in total. The smallest absolute Gasteiger partial charge is 0.317 e. The van der Waals surface area contributed by atoms with Gasteiger partial charge in [0.25, 0.3) is 0 Å². The molecule has 0 saturated heterocycles. The number of aromatic nitrogens is 1. The molecule has 1 unspecified atom stereocenters. The van der Waals surface area contributed by atoms with Crippen LogP contribution >= 0.6 is 15.9 Å². The molecule has 0 saturated carbocycles. The van der Waals surface area contributed by atoms with E-state index in [9.17, 15) is 14.7 Å². The number of aryl methyl sites for hydroxylation is 2. The van der Waals surface area contributed by atoms with Crippen molar-refractivity contribution in [1.82, 2.24) is 15.2 Å². The molecular formula is C24H30BBrN4O3. The van der Waals surface area contributed by atoms with Crippen molar-refractivity contribution >= 4 is 47.1 Å². The topological polar surface area (TPSA) is 94.6 Å². The number of hydrogen-bond acceptors (Lipinski definition) is 4. The maximum atomic E-state index is 12.9. The van der Waals surface area contributed by atoms with Gasteiger partial charge in [-0.2, -0.15) is 0 Å². The summed E-state index contributed by atoms with van der Waals surface area (Å²) in [5.74, 6) is 0.101. The van der Waals surface area contributed by atoms with Crippen LogP contribution in [0.15, 0.2) is 28.7 Å². The first-order valence-corrected chi connectivity index (χ1v) is 12.5. The van der Waals surface area contributed by atoms with Gasteiger partial charge in [0, 0.05) is 36.3 Å². The van der Waals surface area contributed by atoms with E-state index in [0.29, 0.717) is 26.1 Å². The van der Waals surface area contributed by atoms with Crippen LogP contribution in [-0.4, -0.2) is 54.5 Å². The average Bonchev–Trinajstić information content (AvgIpc) is 2.96. The number of nitrogens with one attached hydrogen (secondary N) is 2. The van der Waals surface area contributed by atoms with Crippen molar-refractivity contribution in [3.8, 4) is 0 Å². The Kier molecular flexibility index (Phi) is 7.58. The minimum absolute atomic E-state index is 0.0756. The molecule has 174 valence electrons. The third-order valence-corrected chi connectivity index (χ3v) is 7.37. The van der Waals surface area contributed by atoms with E-state index >= 15 is 0 Å². The first kappa shape index (κ1) is 23.6. The summed E-state index contributed by atoms with van der Waals surface area (Å²) in [4.78, 5) is 30.8. The number of fused-ring (bicyclic) bond motifs is 2. The van der Waals surface area contributed by atoms with E-state index in [-0.39, 0.29) is 18.4 Å². The van der Waals surface area contributed by atoms with E-state index in [0.717, 1.165) is 64.8 Å². The number of nitrogens with zero attached hydrogens (tertiary/aromatic N) is 2. The highest BCUT2D eigenvalue weighted by molar-refractivity contribution is 9.10. The van der Waals surface area contributed by atoms with Gasteiger partial charge in [0.2, 0.25) is 0 Å². The first-order chi connectivity index (χ1) is 15.9. The summed E-state index contributed by atoms with van der Waals surface area (Å²) in [6, 6.07) is 8.23. The van der Waals surface area contributed by atoms with Gasteiger partial charge in [0.05, 0.1) is 6.42 Å². The number of carboxylic acid groups (broad SMARTS) is 1. The van der Waals surface area contributed by atoms with Crippen LogP contribution < -0.4 is 16.1 Å². The molecule has 1 aromatic carbocycles. The molecule has 2 aromatic rings. The summed E-state index contributed by atoms with van der Waals surface area (Å²) >= 11 is 3.58. The zero-order valence-electron chi connectivity index (χ0n) is 19.0. The van der Waals surface area contributed by atoms with E-state index in [2.05, 4.69) is 44.8 Å². The Morgan fingerprint density at radius 2 is 2.15 bits per heavy atom. The van der Waals surface area contributed by atoms with Crippen LogP contribution in [0.1, 0.15) is 54.0 Å². The van der Waals surface area contributed by atoms with Crippen molar-refractivity contribution in [3.63, 3.8) is 0 Å². The number of anilines is 1. The lowest BCUT2D eigenvalue weighted by atomic mass is 9.85. The van der Waals surface area contributed by atoms with Crippen LogP contribution in [0.3, 0.4) is 0 Å². The molecule has 0 bridgehead atoms. The number of hydrogen-bond donors (Lipinski definition) is 3. The maximum Gasteiger partial charge on any atom is 0.317 e. The third-order valence-electron chi connectivity index (χ3n) is 6.51. The lowest BCUT2D eigenvalue weighted by Crippen LogP contribution is -2.40. The van der Waals surface area contributed by atoms with Crippen LogP contribution in [0.5, 0.6) is 0 Å². The van der Waals surface area contributed by atoms with Gasteiger partial charge in [-0.15, -0.1) is 0 Å². The molecule has 2 amide bonds. The van der Waals surface area contributed by atoms with Gasteiger partial charge >= 0.3 is 12.0 Å². The minimum Gasteiger partial charge on any atom is -0.481 e. The summed E-state index contributed by atoms with van der Waals surface area (Å²) in [7, 11) is 2.00. The van der Waals surface area contributed by atoms with E-state index < -0.39 is 5.97 Å². The number of urea groups is 1. The monoisotopic (exact) mass is 512 g/mol. The van der Waals surface area contributed by atoms with Crippen LogP contribution in [0, 0.1) is 0 Å². The lowest BCUT2D eigenvalue weighted by molar-refractivity contribution is -0.137. The standard InChI is InChI=1S/C24H30BBrN4O3/c25-20-13-19-16(12-22(31)32)7-10-30(14-17(19)11-21(20)26)24(33)28-9-2-4-18-6-5-15-3-1-8-27-23(15)29-18/h5-6,11,13,16H,1-4,7-10,12,14,25H2,(H,27,29)(H,28,33)(H,31,32). The van der Waals surface area contributed by atoms with Gasteiger partial charge < -0.3 is 20.6 Å². The van der Waals surface area contributed by atoms with Crippen LogP contribution in [0.2, 0.25) is 0 Å². The number of carboxylic acids is 1. The molecule has 1 aromatic heterocycles. The van der Waals surface area contributed by atoms with E-state index in [1.807, 2.05) is 13.9 Å². The molecule has 33 heavy (non-hydrogen) atoms. The van der Waals surface area contributed by atoms with E-state index in [1.165, 1.54) is 5.56 Å². The zero-order chi connectivity index (χ0) is 23.4. The largest absolute Gasteiger partial charge is 0.481 e. The average molecular weight is 513 g/mol. The normalized spacial score (nSPS) is 17.4. The van der Waals surface area contributed by atoms with Gasteiger partial charge in [0.1, 0.15) is 13.7 Å². The second kappa shape index (κ2) is 10.6. The Hall–Kier alpha value is -2.55. The first-order valence-electron chi connectivity index (χ1n) is 11.7. The van der Waals surface area contributed by atoms with Crippen molar-refractivity contribution < 1.29 is 14.7 Å². The third kappa shape index (κ3) is 5.88. The van der Waals surface area contributed by atoms with Crippen molar-refractivity contribution in [2.45, 2.75) is 51.0 Å². The van der Waals surface area contributed by atoms with E-state index in [4.69, 9.17) is 4.98 Å². The molecule has 1 atom stereocenters. The number of halogens is 1. The van der Waals surface area contributed by atoms with Gasteiger partial charge in [-0.1, -0.05) is 33.5 Å². The minimum atomic E-state index is -0.810. The fourth-order valence-corrected chi connectivity index (χ4v) is 5.09. The number of carbonyl (C=O) groups is 2. The Morgan fingerprint density at radius 1 is 1.30 bits per heavy atom. The highest BCUT2D eigenvalue weighted by Crippen LogP contribution is 2.32. The Balaban J connectivity index is 1.34. The molecule has 2 aliphatic heterocycles. The lowest BCUT2D eigenvalue weighted by Gasteiger charge is -2.22. The summed E-state index contributed by atoms with van der Waals surface area (Å²) in [6.07, 6.45) is 4.56. The predicted molar refractivity (Wildman–Crippen MR) is 135 cm³/mol. The Labute approximate surface area is 203 Å². The quantitative estimate of drug-likeness (QED) is 0.408. The fourth-order valence-electron chi connectivity index (χ4n) is 4.69. The van der Waals surface area contributed by atoms with Crippen LogP contribution in [-0.2, 0) is 24.2 Å². The molecule has 0 fully saturated rings. The van der Waals surface area contributed by atoms with E-state index in [1.54, 1.807) is 4.90 Å². The number of benzene rings is 1.